The number of rotatable bonds is 3. The highest BCUT2D eigenvalue weighted by Crippen LogP contribution is 2.38. The standard InChI is InChI=1S/C16H10Br3NO2/c17-10-3-1-2-9(6-10)4-5-20-14-12(15(21)16(20)22)7-11(18)8-13(14)19/h1-3,6-8H,4-5H2. The van der Waals surface area contributed by atoms with E-state index < -0.39 is 11.7 Å². The number of Topliss-reactive ketones (excluding diaryl/α,β-unsaturated/α-hetero) is 1. The van der Waals surface area contributed by atoms with Crippen molar-refractivity contribution in [3.63, 3.8) is 0 Å². The summed E-state index contributed by atoms with van der Waals surface area (Å²) in [5, 5.41) is 0. The Morgan fingerprint density at radius 1 is 0.955 bits per heavy atom. The molecule has 1 amide bonds. The van der Waals surface area contributed by atoms with Crippen molar-refractivity contribution in [3.05, 3.63) is 60.9 Å². The van der Waals surface area contributed by atoms with Gasteiger partial charge in [-0.05, 0) is 52.2 Å². The first kappa shape index (κ1) is 15.9. The van der Waals surface area contributed by atoms with Crippen LogP contribution in [-0.4, -0.2) is 18.2 Å². The molecule has 0 radical (unpaired) electrons. The largest absolute Gasteiger partial charge is 0.303 e. The highest BCUT2D eigenvalue weighted by Gasteiger charge is 2.37. The first-order valence-corrected chi connectivity index (χ1v) is 8.95. The van der Waals surface area contributed by atoms with Crippen molar-refractivity contribution in [1.29, 1.82) is 0 Å². The quantitative estimate of drug-likeness (QED) is 0.586. The Labute approximate surface area is 153 Å². The summed E-state index contributed by atoms with van der Waals surface area (Å²) in [5.41, 5.74) is 2.21. The average Bonchev–Trinajstić information content (AvgIpc) is 2.70. The summed E-state index contributed by atoms with van der Waals surface area (Å²) in [7, 11) is 0. The summed E-state index contributed by atoms with van der Waals surface area (Å²) in [4.78, 5) is 25.9. The number of amides is 1. The van der Waals surface area contributed by atoms with Crippen molar-refractivity contribution in [3.8, 4) is 0 Å². The number of hydrogen-bond acceptors (Lipinski definition) is 2. The normalized spacial score (nSPS) is 13.7. The molecule has 0 unspecified atom stereocenters. The zero-order valence-corrected chi connectivity index (χ0v) is 16.0. The van der Waals surface area contributed by atoms with Crippen molar-refractivity contribution in [2.45, 2.75) is 6.42 Å². The van der Waals surface area contributed by atoms with Crippen molar-refractivity contribution >= 4 is 65.2 Å². The third kappa shape index (κ3) is 2.92. The van der Waals surface area contributed by atoms with Gasteiger partial charge in [-0.15, -0.1) is 0 Å². The van der Waals surface area contributed by atoms with Crippen LogP contribution in [0.5, 0.6) is 0 Å². The van der Waals surface area contributed by atoms with Crippen LogP contribution in [0, 0.1) is 0 Å². The van der Waals surface area contributed by atoms with Gasteiger partial charge in [0.05, 0.1) is 11.3 Å². The molecule has 3 rings (SSSR count). The van der Waals surface area contributed by atoms with Gasteiger partial charge >= 0.3 is 0 Å². The second kappa shape index (κ2) is 6.26. The van der Waals surface area contributed by atoms with E-state index in [4.69, 9.17) is 0 Å². The molecule has 0 N–H and O–H groups in total. The fourth-order valence-electron chi connectivity index (χ4n) is 2.50. The highest BCUT2D eigenvalue weighted by atomic mass is 79.9. The summed E-state index contributed by atoms with van der Waals surface area (Å²) in [6, 6.07) is 11.5. The molecule has 1 heterocycles. The van der Waals surface area contributed by atoms with Crippen LogP contribution >= 0.6 is 47.8 Å². The highest BCUT2D eigenvalue weighted by molar-refractivity contribution is 9.11. The predicted molar refractivity (Wildman–Crippen MR) is 96.4 cm³/mol. The molecule has 112 valence electrons. The lowest BCUT2D eigenvalue weighted by Crippen LogP contribution is -2.31. The summed E-state index contributed by atoms with van der Waals surface area (Å²) in [6.45, 7) is 0.467. The maximum Gasteiger partial charge on any atom is 0.299 e. The van der Waals surface area contributed by atoms with Gasteiger partial charge < -0.3 is 4.90 Å². The molecule has 0 bridgehead atoms. The SMILES string of the molecule is O=C1C(=O)N(CCc2cccc(Br)c2)c2c(Br)cc(Br)cc21. The number of nitrogens with zero attached hydrogens (tertiary/aromatic N) is 1. The Morgan fingerprint density at radius 3 is 2.45 bits per heavy atom. The fraction of sp³-hybridized carbons (Fsp3) is 0.125. The molecule has 1 aliphatic rings. The number of carbonyl (C=O) groups excluding carboxylic acids is 2. The molecule has 22 heavy (non-hydrogen) atoms. The van der Waals surface area contributed by atoms with Gasteiger partial charge in [0, 0.05) is 20.0 Å². The molecule has 0 saturated heterocycles. The first-order valence-electron chi connectivity index (χ1n) is 6.57. The maximum absolute atomic E-state index is 12.2. The summed E-state index contributed by atoms with van der Waals surface area (Å²) >= 11 is 10.2. The lowest BCUT2D eigenvalue weighted by molar-refractivity contribution is -0.114. The fourth-order valence-corrected chi connectivity index (χ4v) is 4.39. The number of anilines is 1. The predicted octanol–water partition coefficient (Wildman–Crippen LogP) is 4.75. The van der Waals surface area contributed by atoms with Gasteiger partial charge in [0.25, 0.3) is 11.7 Å². The topological polar surface area (TPSA) is 37.4 Å². The number of carbonyl (C=O) groups is 2. The van der Waals surface area contributed by atoms with E-state index in [2.05, 4.69) is 47.8 Å². The van der Waals surface area contributed by atoms with Crippen molar-refractivity contribution in [2.75, 3.05) is 11.4 Å². The second-order valence-electron chi connectivity index (χ2n) is 4.95. The van der Waals surface area contributed by atoms with Crippen molar-refractivity contribution in [1.82, 2.24) is 0 Å². The van der Waals surface area contributed by atoms with Crippen LogP contribution in [0.1, 0.15) is 15.9 Å². The van der Waals surface area contributed by atoms with E-state index >= 15 is 0 Å². The van der Waals surface area contributed by atoms with Gasteiger partial charge in [-0.1, -0.05) is 44.0 Å². The molecule has 0 saturated carbocycles. The van der Waals surface area contributed by atoms with Crippen LogP contribution in [-0.2, 0) is 11.2 Å². The molecule has 0 spiro atoms. The lowest BCUT2D eigenvalue weighted by Gasteiger charge is -2.18. The molecule has 6 heteroatoms. The Kier molecular flexibility index (Phi) is 4.52. The van der Waals surface area contributed by atoms with E-state index in [0.29, 0.717) is 24.2 Å². The van der Waals surface area contributed by atoms with Crippen LogP contribution in [0.15, 0.2) is 49.8 Å². The van der Waals surface area contributed by atoms with Crippen molar-refractivity contribution < 1.29 is 9.59 Å². The number of fused-ring (bicyclic) bond motifs is 1. The van der Waals surface area contributed by atoms with Crippen LogP contribution in [0.3, 0.4) is 0 Å². The lowest BCUT2D eigenvalue weighted by atomic mass is 10.1. The third-order valence-corrected chi connectivity index (χ3v) is 5.05. The van der Waals surface area contributed by atoms with E-state index in [1.165, 1.54) is 0 Å². The molecule has 0 atom stereocenters. The Hall–Kier alpha value is -0.980. The van der Waals surface area contributed by atoms with Crippen LogP contribution < -0.4 is 4.90 Å². The molecule has 1 aliphatic heterocycles. The first-order chi connectivity index (χ1) is 10.5. The van der Waals surface area contributed by atoms with E-state index in [-0.39, 0.29) is 0 Å². The minimum atomic E-state index is -0.469. The summed E-state index contributed by atoms with van der Waals surface area (Å²) < 4.78 is 2.51. The van der Waals surface area contributed by atoms with Crippen LogP contribution in [0.4, 0.5) is 5.69 Å². The van der Waals surface area contributed by atoms with Crippen LogP contribution in [0.2, 0.25) is 0 Å². The Balaban J connectivity index is 1.90. The molecule has 2 aromatic rings. The smallest absolute Gasteiger partial charge is 0.299 e. The number of hydrogen-bond donors (Lipinski definition) is 0. The van der Waals surface area contributed by atoms with Crippen LogP contribution in [0.25, 0.3) is 0 Å². The molecule has 0 aromatic heterocycles. The summed E-state index contributed by atoms with van der Waals surface area (Å²) in [5.74, 6) is -0.921. The van der Waals surface area contributed by atoms with Gasteiger partial charge in [0.2, 0.25) is 0 Å². The van der Waals surface area contributed by atoms with E-state index in [1.807, 2.05) is 30.3 Å². The molecular weight excluding hydrogens is 478 g/mol. The molecule has 2 aromatic carbocycles. The van der Waals surface area contributed by atoms with Gasteiger partial charge in [0.15, 0.2) is 0 Å². The van der Waals surface area contributed by atoms with E-state index in [0.717, 1.165) is 19.0 Å². The molecule has 0 aliphatic carbocycles. The van der Waals surface area contributed by atoms with Gasteiger partial charge in [-0.3, -0.25) is 9.59 Å². The summed E-state index contributed by atoms with van der Waals surface area (Å²) in [6.07, 6.45) is 0.681. The van der Waals surface area contributed by atoms with Gasteiger partial charge in [0.1, 0.15) is 0 Å². The molecule has 0 fully saturated rings. The zero-order valence-electron chi connectivity index (χ0n) is 11.3. The minimum absolute atomic E-state index is 0.445. The van der Waals surface area contributed by atoms with E-state index in [1.54, 1.807) is 11.0 Å². The van der Waals surface area contributed by atoms with Crippen molar-refractivity contribution in [2.24, 2.45) is 0 Å². The monoisotopic (exact) mass is 485 g/mol. The second-order valence-corrected chi connectivity index (χ2v) is 7.64. The number of halogens is 3. The number of benzene rings is 2. The maximum atomic E-state index is 12.2. The third-order valence-electron chi connectivity index (χ3n) is 3.50. The zero-order chi connectivity index (χ0) is 15.9. The molecular formula is C16H10Br3NO2. The Morgan fingerprint density at radius 2 is 1.73 bits per heavy atom. The van der Waals surface area contributed by atoms with Gasteiger partial charge in [-0.25, -0.2) is 0 Å². The Bertz CT molecular complexity index is 789. The average molecular weight is 488 g/mol. The minimum Gasteiger partial charge on any atom is -0.303 e. The van der Waals surface area contributed by atoms with Gasteiger partial charge in [-0.2, -0.15) is 0 Å². The molecule has 3 nitrogen and oxygen atoms in total. The number of ketones is 1. The van der Waals surface area contributed by atoms with E-state index in [9.17, 15) is 9.59 Å².